The molecule has 1 amide bonds. The van der Waals surface area contributed by atoms with Crippen LogP contribution in [0.2, 0.25) is 18.1 Å². The molecular formula is C21H35NO4Si. The Balaban J connectivity index is 2.67. The van der Waals surface area contributed by atoms with E-state index >= 15 is 0 Å². The number of aliphatic hydroxyl groups excluding tert-OH is 1. The molecule has 0 fully saturated rings. The maximum Gasteiger partial charge on any atom is 0.414 e. The number of rotatable bonds is 5. The van der Waals surface area contributed by atoms with Crippen LogP contribution in [0.4, 0.5) is 4.79 Å². The van der Waals surface area contributed by atoms with Crippen molar-refractivity contribution in [3.8, 4) is 0 Å². The summed E-state index contributed by atoms with van der Waals surface area (Å²) in [7, 11) is -2.06. The molecule has 152 valence electrons. The highest BCUT2D eigenvalue weighted by atomic mass is 28.3. The van der Waals surface area contributed by atoms with E-state index in [0.717, 1.165) is 34.6 Å². The Morgan fingerprint density at radius 2 is 1.85 bits per heavy atom. The van der Waals surface area contributed by atoms with Gasteiger partial charge in [-0.3, -0.25) is 9.69 Å². The lowest BCUT2D eigenvalue weighted by molar-refractivity contribution is -0.119. The second kappa shape index (κ2) is 7.92. The van der Waals surface area contributed by atoms with Crippen molar-refractivity contribution in [1.82, 2.24) is 4.90 Å². The standard InChI is InChI=1S/C21H35NO4Si/c1-8-27(9-2,10-3)19-17-15(16(14(4)23)18(19)24)12-11-13-22(17)20(25)26-21(5,6)7/h12,14,16,23H,8-11,13H2,1-7H3/t14-,16+/m0/s1. The predicted octanol–water partition coefficient (Wildman–Crippen LogP) is 4.44. The zero-order chi connectivity index (χ0) is 20.6. The Labute approximate surface area is 164 Å². The molecule has 6 heteroatoms. The maximum absolute atomic E-state index is 13.5. The molecular weight excluding hydrogens is 358 g/mol. The number of nitrogens with zero attached hydrogens (tertiary/aromatic N) is 1. The van der Waals surface area contributed by atoms with E-state index in [1.54, 1.807) is 11.8 Å². The monoisotopic (exact) mass is 393 g/mol. The SMILES string of the molecule is CC[Si](CC)(CC)C1=C2C(=CCCN2C(=O)OC(C)(C)C)[C@@H]([C@H](C)O)C1=O. The van der Waals surface area contributed by atoms with Crippen molar-refractivity contribution in [3.05, 3.63) is 22.5 Å². The van der Waals surface area contributed by atoms with Crippen molar-refractivity contribution in [2.75, 3.05) is 6.54 Å². The van der Waals surface area contributed by atoms with Gasteiger partial charge in [0.2, 0.25) is 0 Å². The average Bonchev–Trinajstić information content (AvgIpc) is 2.88. The summed E-state index contributed by atoms with van der Waals surface area (Å²) in [5.74, 6) is -0.532. The third-order valence-electron chi connectivity index (χ3n) is 6.02. The van der Waals surface area contributed by atoms with Crippen LogP contribution in [-0.2, 0) is 9.53 Å². The van der Waals surface area contributed by atoms with E-state index in [2.05, 4.69) is 20.8 Å². The smallest absolute Gasteiger partial charge is 0.414 e. The quantitative estimate of drug-likeness (QED) is 0.702. The van der Waals surface area contributed by atoms with Crippen LogP contribution in [0.5, 0.6) is 0 Å². The predicted molar refractivity (Wildman–Crippen MR) is 110 cm³/mol. The largest absolute Gasteiger partial charge is 0.443 e. The molecule has 1 aliphatic heterocycles. The van der Waals surface area contributed by atoms with Crippen molar-refractivity contribution in [2.45, 2.75) is 84.7 Å². The van der Waals surface area contributed by atoms with Gasteiger partial charge in [-0.25, -0.2) is 4.79 Å². The minimum atomic E-state index is -2.06. The van der Waals surface area contributed by atoms with Gasteiger partial charge in [-0.1, -0.05) is 45.0 Å². The molecule has 1 N–H and O–H groups in total. The van der Waals surface area contributed by atoms with Gasteiger partial charge in [-0.15, -0.1) is 0 Å². The lowest BCUT2D eigenvalue weighted by atomic mass is 9.92. The molecule has 2 aliphatic rings. The van der Waals surface area contributed by atoms with Gasteiger partial charge < -0.3 is 9.84 Å². The summed E-state index contributed by atoms with van der Waals surface area (Å²) >= 11 is 0. The van der Waals surface area contributed by atoms with Crippen LogP contribution in [0, 0.1) is 5.92 Å². The fourth-order valence-corrected chi connectivity index (χ4v) is 8.47. The summed E-state index contributed by atoms with van der Waals surface area (Å²) in [4.78, 5) is 28.1. The summed E-state index contributed by atoms with van der Waals surface area (Å²) in [5.41, 5.74) is 0.984. The first kappa shape index (κ1) is 21.9. The van der Waals surface area contributed by atoms with Crippen LogP contribution >= 0.6 is 0 Å². The van der Waals surface area contributed by atoms with Crippen LogP contribution in [-0.4, -0.2) is 48.2 Å². The topological polar surface area (TPSA) is 66.8 Å². The number of hydrogen-bond donors (Lipinski definition) is 1. The lowest BCUT2D eigenvalue weighted by Gasteiger charge is -2.35. The molecule has 5 nitrogen and oxygen atoms in total. The number of Topliss-reactive ketones (excluding diaryl/α,β-unsaturated/α-hetero) is 1. The van der Waals surface area contributed by atoms with E-state index < -0.39 is 31.8 Å². The lowest BCUT2D eigenvalue weighted by Crippen LogP contribution is -2.43. The Kier molecular flexibility index (Phi) is 6.42. The van der Waals surface area contributed by atoms with Gasteiger partial charge in [0, 0.05) is 11.7 Å². The number of fused-ring (bicyclic) bond motifs is 1. The molecule has 0 spiro atoms. The van der Waals surface area contributed by atoms with Crippen molar-refractivity contribution in [2.24, 2.45) is 5.92 Å². The first-order valence-corrected chi connectivity index (χ1v) is 12.8. The van der Waals surface area contributed by atoms with Gasteiger partial charge in [0.25, 0.3) is 0 Å². The maximum atomic E-state index is 13.5. The van der Waals surface area contributed by atoms with Gasteiger partial charge in [0.1, 0.15) is 5.60 Å². The number of allylic oxidation sites excluding steroid dienone is 2. The van der Waals surface area contributed by atoms with E-state index in [1.165, 1.54) is 0 Å². The molecule has 0 saturated heterocycles. The summed E-state index contributed by atoms with van der Waals surface area (Å²) in [6.07, 6.45) is 1.54. The van der Waals surface area contributed by atoms with E-state index in [1.807, 2.05) is 26.8 Å². The molecule has 0 radical (unpaired) electrons. The number of ether oxygens (including phenoxy) is 1. The third-order valence-corrected chi connectivity index (χ3v) is 11.6. The van der Waals surface area contributed by atoms with E-state index in [9.17, 15) is 14.7 Å². The van der Waals surface area contributed by atoms with Crippen LogP contribution < -0.4 is 0 Å². The first-order chi connectivity index (χ1) is 12.5. The van der Waals surface area contributed by atoms with Gasteiger partial charge in [-0.2, -0.15) is 0 Å². The molecule has 0 unspecified atom stereocenters. The molecule has 0 bridgehead atoms. The van der Waals surface area contributed by atoms with Gasteiger partial charge in [0.05, 0.1) is 25.8 Å². The molecule has 0 aromatic carbocycles. The fourth-order valence-electron chi connectivity index (χ4n) is 4.45. The number of amides is 1. The number of aliphatic hydroxyl groups is 1. The number of ketones is 1. The van der Waals surface area contributed by atoms with Crippen molar-refractivity contribution >= 4 is 20.0 Å². The number of hydrogen-bond acceptors (Lipinski definition) is 4. The minimum absolute atomic E-state index is 0.0268. The molecule has 0 aromatic heterocycles. The van der Waals surface area contributed by atoms with E-state index in [-0.39, 0.29) is 5.78 Å². The third kappa shape index (κ3) is 3.92. The minimum Gasteiger partial charge on any atom is -0.443 e. The summed E-state index contributed by atoms with van der Waals surface area (Å²) in [6, 6.07) is 2.85. The number of carbonyl (C=O) groups excluding carboxylic acids is 2. The fraction of sp³-hybridized carbons (Fsp3) is 0.714. The normalized spacial score (nSPS) is 21.9. The second-order valence-corrected chi connectivity index (χ2v) is 13.9. The molecule has 2 atom stereocenters. The molecule has 2 rings (SSSR count). The Bertz CT molecular complexity index is 660. The van der Waals surface area contributed by atoms with Crippen LogP contribution in [0.25, 0.3) is 0 Å². The average molecular weight is 394 g/mol. The van der Waals surface area contributed by atoms with Crippen molar-refractivity contribution in [3.63, 3.8) is 0 Å². The molecule has 1 heterocycles. The van der Waals surface area contributed by atoms with Gasteiger partial charge in [-0.05, 0) is 39.7 Å². The zero-order valence-corrected chi connectivity index (χ0v) is 18.9. The molecule has 0 aromatic rings. The van der Waals surface area contributed by atoms with E-state index in [4.69, 9.17) is 4.74 Å². The molecule has 0 saturated carbocycles. The highest BCUT2D eigenvalue weighted by Crippen LogP contribution is 2.46. The number of carbonyl (C=O) groups is 2. The van der Waals surface area contributed by atoms with Crippen molar-refractivity contribution < 1.29 is 19.4 Å². The zero-order valence-electron chi connectivity index (χ0n) is 17.9. The Hall–Kier alpha value is -1.40. The van der Waals surface area contributed by atoms with E-state index in [0.29, 0.717) is 13.0 Å². The summed E-state index contributed by atoms with van der Waals surface area (Å²) in [6.45, 7) is 14.2. The van der Waals surface area contributed by atoms with Crippen LogP contribution in [0.3, 0.4) is 0 Å². The highest BCUT2D eigenvalue weighted by molar-refractivity contribution is 6.90. The molecule has 27 heavy (non-hydrogen) atoms. The van der Waals surface area contributed by atoms with Crippen LogP contribution in [0.15, 0.2) is 22.5 Å². The Morgan fingerprint density at radius 1 is 1.30 bits per heavy atom. The summed E-state index contributed by atoms with van der Waals surface area (Å²) in [5, 5.41) is 11.2. The summed E-state index contributed by atoms with van der Waals surface area (Å²) < 4.78 is 5.65. The highest BCUT2D eigenvalue weighted by Gasteiger charge is 2.51. The van der Waals surface area contributed by atoms with Gasteiger partial charge >= 0.3 is 6.09 Å². The first-order valence-electron chi connectivity index (χ1n) is 10.2. The van der Waals surface area contributed by atoms with Crippen molar-refractivity contribution in [1.29, 1.82) is 0 Å². The Morgan fingerprint density at radius 3 is 2.30 bits per heavy atom. The van der Waals surface area contributed by atoms with Gasteiger partial charge in [0.15, 0.2) is 5.78 Å². The van der Waals surface area contributed by atoms with Crippen LogP contribution in [0.1, 0.15) is 54.9 Å². The molecule has 1 aliphatic carbocycles. The second-order valence-electron chi connectivity index (χ2n) is 8.73.